The number of nitrogen functional groups attached to an aromatic ring is 1. The van der Waals surface area contributed by atoms with Gasteiger partial charge in [0.1, 0.15) is 5.69 Å². The number of esters is 1. The molecule has 0 saturated carbocycles. The molecule has 0 saturated heterocycles. The van der Waals surface area contributed by atoms with Crippen LogP contribution in [0.25, 0.3) is 11.3 Å². The number of nitrogens with zero attached hydrogens (tertiary/aromatic N) is 1. The maximum absolute atomic E-state index is 11.8. The number of hydrogen-bond acceptors (Lipinski definition) is 7. The first kappa shape index (κ1) is 16.8. The third-order valence-electron chi connectivity index (χ3n) is 2.87. The van der Waals surface area contributed by atoms with E-state index in [1.807, 2.05) is 0 Å². The van der Waals surface area contributed by atoms with Gasteiger partial charge in [-0.3, -0.25) is 5.32 Å². The van der Waals surface area contributed by atoms with E-state index in [0.717, 1.165) is 17.1 Å². The molecule has 0 spiro atoms. The highest BCUT2D eigenvalue weighted by molar-refractivity contribution is 7.09. The molecule has 1 heterocycles. The molecule has 3 N–H and O–H groups in total. The van der Waals surface area contributed by atoms with Gasteiger partial charge in [-0.2, -0.15) is 4.37 Å². The minimum absolute atomic E-state index is 0.278. The maximum Gasteiger partial charge on any atom is 0.411 e. The largest absolute Gasteiger partial charge is 0.462 e. The van der Waals surface area contributed by atoms with E-state index in [4.69, 9.17) is 15.2 Å². The molecule has 0 bridgehead atoms. The summed E-state index contributed by atoms with van der Waals surface area (Å²) >= 11 is 1.00. The first-order chi connectivity index (χ1) is 11.1. The predicted octanol–water partition coefficient (Wildman–Crippen LogP) is 3.14. The predicted molar refractivity (Wildman–Crippen MR) is 88.6 cm³/mol. The lowest BCUT2D eigenvalue weighted by Crippen LogP contribution is -2.13. The van der Waals surface area contributed by atoms with Gasteiger partial charge in [-0.15, -0.1) is 0 Å². The molecule has 23 heavy (non-hydrogen) atoms. The van der Waals surface area contributed by atoms with Crippen LogP contribution in [0.4, 0.5) is 16.2 Å². The summed E-state index contributed by atoms with van der Waals surface area (Å²) in [6, 6.07) is 6.91. The van der Waals surface area contributed by atoms with E-state index in [9.17, 15) is 9.59 Å². The zero-order chi connectivity index (χ0) is 16.8. The van der Waals surface area contributed by atoms with Crippen LogP contribution in [0.3, 0.4) is 0 Å². The molecule has 2 rings (SSSR count). The number of hydrogen-bond donors (Lipinski definition) is 2. The molecule has 1 aromatic heterocycles. The molecule has 0 aliphatic carbocycles. The van der Waals surface area contributed by atoms with Crippen LogP contribution in [-0.4, -0.2) is 29.6 Å². The van der Waals surface area contributed by atoms with Gasteiger partial charge in [-0.25, -0.2) is 9.59 Å². The number of nitrogens with two attached hydrogens (primary N) is 1. The van der Waals surface area contributed by atoms with Crippen LogP contribution in [0.5, 0.6) is 0 Å². The lowest BCUT2D eigenvalue weighted by atomic mass is 10.1. The van der Waals surface area contributed by atoms with Crippen molar-refractivity contribution >= 4 is 35.0 Å². The number of nitrogens with one attached hydrogen (secondary N) is 1. The van der Waals surface area contributed by atoms with Gasteiger partial charge in [-0.05, 0) is 37.5 Å². The van der Waals surface area contributed by atoms with Gasteiger partial charge in [0.2, 0.25) is 0 Å². The molecule has 0 atom stereocenters. The van der Waals surface area contributed by atoms with Crippen molar-refractivity contribution in [2.24, 2.45) is 0 Å². The first-order valence-corrected chi connectivity index (χ1v) is 7.80. The molecule has 0 radical (unpaired) electrons. The van der Waals surface area contributed by atoms with Crippen molar-refractivity contribution in [3.63, 3.8) is 0 Å². The molecule has 0 fully saturated rings. The van der Waals surface area contributed by atoms with E-state index >= 15 is 0 Å². The first-order valence-electron chi connectivity index (χ1n) is 7.03. The maximum atomic E-state index is 11.8. The van der Waals surface area contributed by atoms with E-state index < -0.39 is 12.1 Å². The van der Waals surface area contributed by atoms with Gasteiger partial charge >= 0.3 is 12.1 Å². The number of benzene rings is 1. The Morgan fingerprint density at radius 2 is 1.83 bits per heavy atom. The van der Waals surface area contributed by atoms with Crippen molar-refractivity contribution in [2.75, 3.05) is 24.3 Å². The van der Waals surface area contributed by atoms with Gasteiger partial charge in [0.15, 0.2) is 4.88 Å². The number of anilines is 2. The molecule has 1 amide bonds. The minimum Gasteiger partial charge on any atom is -0.462 e. The van der Waals surface area contributed by atoms with Crippen molar-refractivity contribution in [1.29, 1.82) is 0 Å². The summed E-state index contributed by atoms with van der Waals surface area (Å²) < 4.78 is 13.9. The summed E-state index contributed by atoms with van der Waals surface area (Å²) in [6.07, 6.45) is -0.516. The summed E-state index contributed by atoms with van der Waals surface area (Å²) in [7, 11) is 0. The third-order valence-corrected chi connectivity index (χ3v) is 3.71. The Labute approximate surface area is 137 Å². The Kier molecular flexibility index (Phi) is 5.53. The summed E-state index contributed by atoms with van der Waals surface area (Å²) in [6.45, 7) is 4.04. The Hall–Kier alpha value is -2.61. The van der Waals surface area contributed by atoms with E-state index in [1.54, 1.807) is 38.1 Å². The number of amides is 1. The molecule has 122 valence electrons. The Bertz CT molecular complexity index is 697. The Morgan fingerprint density at radius 1 is 1.17 bits per heavy atom. The van der Waals surface area contributed by atoms with Crippen molar-refractivity contribution in [2.45, 2.75) is 13.8 Å². The highest BCUT2D eigenvalue weighted by Gasteiger charge is 2.19. The molecule has 8 heteroatoms. The highest BCUT2D eigenvalue weighted by atomic mass is 32.1. The monoisotopic (exact) mass is 335 g/mol. The zero-order valence-corrected chi connectivity index (χ0v) is 13.6. The normalized spacial score (nSPS) is 10.2. The van der Waals surface area contributed by atoms with Gasteiger partial charge in [0, 0.05) is 11.3 Å². The SMILES string of the molecule is CCOC(=O)Nc1ccc(-c2nsc(C(=O)OCC)c2N)cc1. The second-order valence-electron chi connectivity index (χ2n) is 4.42. The minimum atomic E-state index is -0.516. The Morgan fingerprint density at radius 3 is 2.43 bits per heavy atom. The Balaban J connectivity index is 2.17. The van der Waals surface area contributed by atoms with E-state index in [1.165, 1.54) is 0 Å². The van der Waals surface area contributed by atoms with Gasteiger partial charge in [-0.1, -0.05) is 12.1 Å². The number of ether oxygens (including phenoxy) is 2. The fourth-order valence-electron chi connectivity index (χ4n) is 1.85. The third kappa shape index (κ3) is 3.98. The molecular weight excluding hydrogens is 318 g/mol. The molecule has 7 nitrogen and oxygen atoms in total. The van der Waals surface area contributed by atoms with Crippen LogP contribution >= 0.6 is 11.5 Å². The molecule has 0 aliphatic heterocycles. The van der Waals surface area contributed by atoms with Crippen LogP contribution in [-0.2, 0) is 9.47 Å². The number of aromatic nitrogens is 1. The van der Waals surface area contributed by atoms with Crippen molar-refractivity contribution in [1.82, 2.24) is 4.37 Å². The topological polar surface area (TPSA) is 104 Å². The van der Waals surface area contributed by atoms with Crippen molar-refractivity contribution in [3.8, 4) is 11.3 Å². The second kappa shape index (κ2) is 7.59. The number of carbonyl (C=O) groups excluding carboxylic acids is 2. The smallest absolute Gasteiger partial charge is 0.411 e. The van der Waals surface area contributed by atoms with E-state index in [0.29, 0.717) is 23.7 Å². The number of rotatable bonds is 5. The highest BCUT2D eigenvalue weighted by Crippen LogP contribution is 2.31. The summed E-state index contributed by atoms with van der Waals surface area (Å²) in [5, 5.41) is 2.59. The zero-order valence-electron chi connectivity index (χ0n) is 12.8. The van der Waals surface area contributed by atoms with E-state index in [2.05, 4.69) is 9.69 Å². The fourth-order valence-corrected chi connectivity index (χ4v) is 2.56. The van der Waals surface area contributed by atoms with Gasteiger partial charge in [0.25, 0.3) is 0 Å². The standard InChI is InChI=1S/C15H17N3O4S/c1-3-21-14(19)13-11(16)12(18-23-13)9-5-7-10(8-6-9)17-15(20)22-4-2/h5-8H,3-4,16H2,1-2H3,(H,17,20). The molecule has 1 aromatic carbocycles. The summed E-state index contributed by atoms with van der Waals surface area (Å²) in [5.74, 6) is -0.477. The molecular formula is C15H17N3O4S. The fraction of sp³-hybridized carbons (Fsp3) is 0.267. The van der Waals surface area contributed by atoms with Crippen molar-refractivity contribution < 1.29 is 19.1 Å². The van der Waals surface area contributed by atoms with Crippen LogP contribution in [0.15, 0.2) is 24.3 Å². The second-order valence-corrected chi connectivity index (χ2v) is 5.19. The van der Waals surface area contributed by atoms with Crippen molar-refractivity contribution in [3.05, 3.63) is 29.1 Å². The average Bonchev–Trinajstić information content (AvgIpc) is 2.90. The quantitative estimate of drug-likeness (QED) is 0.814. The number of carbonyl (C=O) groups is 2. The lowest BCUT2D eigenvalue weighted by Gasteiger charge is -2.06. The van der Waals surface area contributed by atoms with E-state index in [-0.39, 0.29) is 11.5 Å². The summed E-state index contributed by atoms with van der Waals surface area (Å²) in [4.78, 5) is 23.4. The van der Waals surface area contributed by atoms with Crippen LogP contribution in [0.2, 0.25) is 0 Å². The lowest BCUT2D eigenvalue weighted by molar-refractivity contribution is 0.0533. The average molecular weight is 335 g/mol. The molecule has 0 aliphatic rings. The molecule has 2 aromatic rings. The van der Waals surface area contributed by atoms with Gasteiger partial charge < -0.3 is 15.2 Å². The summed E-state index contributed by atoms with van der Waals surface area (Å²) in [5.41, 5.74) is 8.12. The van der Waals surface area contributed by atoms with Crippen LogP contribution in [0.1, 0.15) is 23.5 Å². The van der Waals surface area contributed by atoms with Crippen LogP contribution in [0, 0.1) is 0 Å². The van der Waals surface area contributed by atoms with Crippen LogP contribution < -0.4 is 11.1 Å². The van der Waals surface area contributed by atoms with Gasteiger partial charge in [0.05, 0.1) is 18.9 Å². The molecule has 0 unspecified atom stereocenters.